The summed E-state index contributed by atoms with van der Waals surface area (Å²) in [5, 5.41) is 21.2. The van der Waals surface area contributed by atoms with Gasteiger partial charge in [-0.05, 0) is 26.2 Å². The first-order valence-corrected chi connectivity index (χ1v) is 6.24. The van der Waals surface area contributed by atoms with E-state index in [0.717, 1.165) is 26.2 Å². The minimum Gasteiger partial charge on any atom is -0.841 e. The van der Waals surface area contributed by atoms with Crippen LogP contribution in [0.15, 0.2) is 0 Å². The van der Waals surface area contributed by atoms with Gasteiger partial charge in [0.25, 0.3) is 0 Å². The molecule has 0 saturated heterocycles. The largest absolute Gasteiger partial charge is 2.00 e. The quantitative estimate of drug-likeness (QED) is 0.492. The molecule has 0 radical (unpaired) electrons. The Bertz CT molecular complexity index is 122. The number of nitrogens with zero attached hydrogens (tertiary/aromatic N) is 2. The molecule has 0 saturated carbocycles. The average molecular weight is 272 g/mol. The molecule has 0 aromatic heterocycles. The SMILES string of the molecule is CCN(CC)C(C)[O-].CCN(CC)C(C)[O-].[Ca+2]. The first kappa shape index (κ1) is 23.2. The van der Waals surface area contributed by atoms with Crippen molar-refractivity contribution >= 4 is 37.7 Å². The Morgan fingerprint density at radius 1 is 0.706 bits per heavy atom. The van der Waals surface area contributed by atoms with Crippen molar-refractivity contribution in [1.29, 1.82) is 0 Å². The summed E-state index contributed by atoms with van der Waals surface area (Å²) >= 11 is 0. The van der Waals surface area contributed by atoms with Crippen molar-refractivity contribution in [2.75, 3.05) is 26.2 Å². The number of hydrogen-bond donors (Lipinski definition) is 0. The van der Waals surface area contributed by atoms with Crippen molar-refractivity contribution < 1.29 is 10.2 Å². The van der Waals surface area contributed by atoms with Gasteiger partial charge in [0.15, 0.2) is 0 Å². The molecule has 0 aliphatic heterocycles. The summed E-state index contributed by atoms with van der Waals surface area (Å²) in [5.74, 6) is 0. The van der Waals surface area contributed by atoms with E-state index in [4.69, 9.17) is 0 Å². The standard InChI is InChI=1S/2C6H14NO.Ca/c2*1-4-7(5-2)6(3)8;/h2*6H,4-5H2,1-3H3;/q2*-1;+2. The fourth-order valence-corrected chi connectivity index (χ4v) is 1.48. The topological polar surface area (TPSA) is 52.6 Å². The van der Waals surface area contributed by atoms with E-state index in [2.05, 4.69) is 0 Å². The molecule has 0 aromatic carbocycles. The Labute approximate surface area is 137 Å². The Morgan fingerprint density at radius 3 is 0.882 bits per heavy atom. The zero-order valence-corrected chi connectivity index (χ0v) is 14.6. The van der Waals surface area contributed by atoms with Crippen LogP contribution in [0.3, 0.4) is 0 Å². The van der Waals surface area contributed by atoms with Crippen molar-refractivity contribution in [1.82, 2.24) is 9.80 Å². The van der Waals surface area contributed by atoms with Crippen LogP contribution in [-0.2, 0) is 0 Å². The minimum atomic E-state index is -0.537. The molecule has 100 valence electrons. The van der Waals surface area contributed by atoms with E-state index in [1.807, 2.05) is 37.5 Å². The monoisotopic (exact) mass is 272 g/mol. The molecule has 0 spiro atoms. The van der Waals surface area contributed by atoms with Gasteiger partial charge < -0.3 is 20.0 Å². The molecule has 0 amide bonds. The van der Waals surface area contributed by atoms with Crippen molar-refractivity contribution in [3.63, 3.8) is 0 Å². The van der Waals surface area contributed by atoms with Crippen LogP contribution in [0, 0.1) is 0 Å². The van der Waals surface area contributed by atoms with Crippen LogP contribution < -0.4 is 10.2 Å². The van der Waals surface area contributed by atoms with Crippen LogP contribution in [0.1, 0.15) is 41.5 Å². The molecular formula is C12H28CaN2O2. The number of hydrogen-bond acceptors (Lipinski definition) is 4. The molecule has 2 atom stereocenters. The molecule has 0 heterocycles. The predicted octanol–water partition coefficient (Wildman–Crippen LogP) is -0.312. The van der Waals surface area contributed by atoms with Gasteiger partial charge in [0.2, 0.25) is 0 Å². The second-order valence-corrected chi connectivity index (χ2v) is 3.64. The summed E-state index contributed by atoms with van der Waals surface area (Å²) in [5.41, 5.74) is 0. The number of rotatable bonds is 6. The van der Waals surface area contributed by atoms with Crippen molar-refractivity contribution in [2.45, 2.75) is 54.0 Å². The fraction of sp³-hybridized carbons (Fsp3) is 1.00. The third kappa shape index (κ3) is 13.3. The average Bonchev–Trinajstić information content (AvgIpc) is 2.21. The summed E-state index contributed by atoms with van der Waals surface area (Å²) in [7, 11) is 0. The molecule has 0 aliphatic carbocycles. The van der Waals surface area contributed by atoms with Gasteiger partial charge in [0, 0.05) is 0 Å². The van der Waals surface area contributed by atoms with E-state index in [0.29, 0.717) is 0 Å². The van der Waals surface area contributed by atoms with E-state index in [9.17, 15) is 10.2 Å². The Morgan fingerprint density at radius 2 is 0.882 bits per heavy atom. The summed E-state index contributed by atoms with van der Waals surface area (Å²) < 4.78 is 0. The third-order valence-electron chi connectivity index (χ3n) is 2.65. The molecule has 2 unspecified atom stereocenters. The fourth-order valence-electron chi connectivity index (χ4n) is 1.48. The Hall–Kier alpha value is 1.10. The molecule has 0 bridgehead atoms. The molecule has 5 heteroatoms. The van der Waals surface area contributed by atoms with E-state index >= 15 is 0 Å². The Balaban J connectivity index is -0.000000218. The third-order valence-corrected chi connectivity index (χ3v) is 2.65. The summed E-state index contributed by atoms with van der Waals surface area (Å²) in [4.78, 5) is 3.72. The van der Waals surface area contributed by atoms with Crippen LogP contribution in [0.4, 0.5) is 0 Å². The molecule has 0 rings (SSSR count). The first-order chi connectivity index (χ1) is 7.44. The maximum absolute atomic E-state index is 10.6. The second kappa shape index (κ2) is 15.2. The zero-order valence-electron chi connectivity index (χ0n) is 12.4. The van der Waals surface area contributed by atoms with Gasteiger partial charge in [-0.3, -0.25) is 0 Å². The maximum Gasteiger partial charge on any atom is 2.00 e. The van der Waals surface area contributed by atoms with Crippen molar-refractivity contribution in [3.8, 4) is 0 Å². The van der Waals surface area contributed by atoms with Gasteiger partial charge in [0.1, 0.15) is 0 Å². The smallest absolute Gasteiger partial charge is 0.841 e. The molecule has 0 aliphatic rings. The molecule has 0 aromatic rings. The van der Waals surface area contributed by atoms with Crippen LogP contribution in [0.5, 0.6) is 0 Å². The normalized spacial score (nSPS) is 13.8. The van der Waals surface area contributed by atoms with E-state index < -0.39 is 12.5 Å². The predicted molar refractivity (Wildman–Crippen MR) is 70.5 cm³/mol. The van der Waals surface area contributed by atoms with Crippen LogP contribution in [0.2, 0.25) is 0 Å². The second-order valence-electron chi connectivity index (χ2n) is 3.64. The van der Waals surface area contributed by atoms with Crippen molar-refractivity contribution in [2.24, 2.45) is 0 Å². The van der Waals surface area contributed by atoms with Gasteiger partial charge in [-0.15, -0.1) is 0 Å². The van der Waals surface area contributed by atoms with E-state index in [1.54, 1.807) is 13.8 Å². The van der Waals surface area contributed by atoms with Crippen molar-refractivity contribution in [3.05, 3.63) is 0 Å². The summed E-state index contributed by atoms with van der Waals surface area (Å²) in [6.07, 6.45) is -1.07. The van der Waals surface area contributed by atoms with Gasteiger partial charge in [-0.2, -0.15) is 0 Å². The van der Waals surface area contributed by atoms with Crippen LogP contribution in [0.25, 0.3) is 0 Å². The van der Waals surface area contributed by atoms with Crippen LogP contribution in [-0.4, -0.2) is 86.2 Å². The first-order valence-electron chi connectivity index (χ1n) is 6.24. The molecule has 17 heavy (non-hydrogen) atoms. The zero-order chi connectivity index (χ0) is 13.1. The van der Waals surface area contributed by atoms with Gasteiger partial charge in [0.05, 0.1) is 0 Å². The minimum absolute atomic E-state index is 0. The summed E-state index contributed by atoms with van der Waals surface area (Å²) in [6.45, 7) is 14.8. The van der Waals surface area contributed by atoms with Gasteiger partial charge in [-0.1, -0.05) is 54.0 Å². The maximum atomic E-state index is 10.6. The van der Waals surface area contributed by atoms with Gasteiger partial charge >= 0.3 is 37.7 Å². The van der Waals surface area contributed by atoms with E-state index in [1.165, 1.54) is 0 Å². The molecule has 0 N–H and O–H groups in total. The molecule has 4 nitrogen and oxygen atoms in total. The molecule has 0 fully saturated rings. The van der Waals surface area contributed by atoms with Crippen LogP contribution >= 0.6 is 0 Å². The summed E-state index contributed by atoms with van der Waals surface area (Å²) in [6, 6.07) is 0. The Kier molecular flexibility index (Phi) is 20.7. The van der Waals surface area contributed by atoms with E-state index in [-0.39, 0.29) is 37.7 Å². The van der Waals surface area contributed by atoms with Gasteiger partial charge in [-0.25, -0.2) is 0 Å². The molecular weight excluding hydrogens is 244 g/mol.